The highest BCUT2D eigenvalue weighted by molar-refractivity contribution is 5.91. The van der Waals surface area contributed by atoms with E-state index in [0.29, 0.717) is 11.5 Å². The van der Waals surface area contributed by atoms with Crippen LogP contribution in [0.2, 0.25) is 0 Å². The van der Waals surface area contributed by atoms with Crippen LogP contribution in [-0.2, 0) is 4.79 Å². The highest BCUT2D eigenvalue weighted by Gasteiger charge is 2.18. The van der Waals surface area contributed by atoms with Crippen LogP contribution in [0.5, 0.6) is 0 Å². The molecule has 0 aromatic carbocycles. The first-order valence-corrected chi connectivity index (χ1v) is 4.66. The minimum absolute atomic E-state index is 0.343. The van der Waals surface area contributed by atoms with E-state index in [9.17, 15) is 4.79 Å². The van der Waals surface area contributed by atoms with Crippen molar-refractivity contribution in [1.82, 2.24) is 0 Å². The lowest BCUT2D eigenvalue weighted by Crippen LogP contribution is -2.10. The molecule has 1 aliphatic carbocycles. The van der Waals surface area contributed by atoms with Gasteiger partial charge in [0.25, 0.3) is 0 Å². The van der Waals surface area contributed by atoms with E-state index in [1.165, 1.54) is 5.57 Å². The molecule has 1 rings (SSSR count). The highest BCUT2D eigenvalue weighted by atomic mass is 16.4. The molecular formula is C11H16O2. The predicted molar refractivity (Wildman–Crippen MR) is 52.5 cm³/mol. The predicted octanol–water partition coefficient (Wildman–Crippen LogP) is 2.76. The number of hydrogen-bond acceptors (Lipinski definition) is 1. The molecule has 0 atom stereocenters. The molecule has 0 unspecified atom stereocenters. The van der Waals surface area contributed by atoms with Crippen molar-refractivity contribution < 1.29 is 9.90 Å². The van der Waals surface area contributed by atoms with E-state index in [-0.39, 0.29) is 0 Å². The molecule has 0 spiro atoms. The van der Waals surface area contributed by atoms with Crippen molar-refractivity contribution in [3.8, 4) is 0 Å². The minimum atomic E-state index is -0.789. The maximum absolute atomic E-state index is 10.9. The molecule has 0 bridgehead atoms. The van der Waals surface area contributed by atoms with Crippen molar-refractivity contribution in [1.29, 1.82) is 0 Å². The first kappa shape index (κ1) is 10.0. The molecule has 0 amide bonds. The van der Waals surface area contributed by atoms with Gasteiger partial charge in [-0.25, -0.2) is 4.79 Å². The Balaban J connectivity index is 3.08. The lowest BCUT2D eigenvalue weighted by atomic mass is 9.86. The van der Waals surface area contributed by atoms with E-state index in [1.54, 1.807) is 6.08 Å². The van der Waals surface area contributed by atoms with Gasteiger partial charge in [0.05, 0.1) is 5.57 Å². The number of carbonyl (C=O) groups is 1. The number of carboxylic acid groups (broad SMARTS) is 1. The molecule has 2 heteroatoms. The molecule has 72 valence electrons. The topological polar surface area (TPSA) is 37.3 Å². The summed E-state index contributed by atoms with van der Waals surface area (Å²) in [5, 5.41) is 8.97. The number of aliphatic carboxylic acids is 1. The zero-order chi connectivity index (χ0) is 10.0. The fourth-order valence-electron chi connectivity index (χ4n) is 1.68. The van der Waals surface area contributed by atoms with E-state index in [0.717, 1.165) is 18.4 Å². The largest absolute Gasteiger partial charge is 0.478 e. The summed E-state index contributed by atoms with van der Waals surface area (Å²) in [6.07, 6.45) is 3.72. The summed E-state index contributed by atoms with van der Waals surface area (Å²) >= 11 is 0. The lowest BCUT2D eigenvalue weighted by molar-refractivity contribution is -0.132. The molecule has 0 radical (unpaired) electrons. The van der Waals surface area contributed by atoms with Crippen LogP contribution in [0.1, 0.15) is 33.6 Å². The van der Waals surface area contributed by atoms with Crippen LogP contribution in [0.15, 0.2) is 22.8 Å². The van der Waals surface area contributed by atoms with Crippen molar-refractivity contribution >= 4 is 5.97 Å². The van der Waals surface area contributed by atoms with Gasteiger partial charge in [0.2, 0.25) is 0 Å². The molecular weight excluding hydrogens is 164 g/mol. The molecule has 2 nitrogen and oxygen atoms in total. The van der Waals surface area contributed by atoms with Crippen molar-refractivity contribution in [2.45, 2.75) is 33.6 Å². The monoisotopic (exact) mass is 180 g/mol. The van der Waals surface area contributed by atoms with Crippen molar-refractivity contribution in [3.05, 3.63) is 22.8 Å². The van der Waals surface area contributed by atoms with E-state index in [4.69, 9.17) is 5.11 Å². The Morgan fingerprint density at radius 2 is 2.08 bits per heavy atom. The van der Waals surface area contributed by atoms with Crippen molar-refractivity contribution in [2.75, 3.05) is 0 Å². The first-order chi connectivity index (χ1) is 6.02. The summed E-state index contributed by atoms with van der Waals surface area (Å²) in [7, 11) is 0. The average molecular weight is 180 g/mol. The Kier molecular flexibility index (Phi) is 2.91. The molecule has 0 aromatic heterocycles. The van der Waals surface area contributed by atoms with Gasteiger partial charge in [-0.1, -0.05) is 25.0 Å². The van der Waals surface area contributed by atoms with Crippen LogP contribution < -0.4 is 0 Å². The molecule has 0 fully saturated rings. The number of allylic oxidation sites excluding steroid dienone is 2. The van der Waals surface area contributed by atoms with Gasteiger partial charge in [0.15, 0.2) is 0 Å². The molecule has 0 heterocycles. The van der Waals surface area contributed by atoms with E-state index < -0.39 is 5.97 Å². The normalized spacial score (nSPS) is 17.7. The maximum atomic E-state index is 10.9. The standard InChI is InChI=1S/C11H16O2/c1-7(2)9-5-4-8(3)6-10(9)11(12)13/h6-7H,4-5H2,1-3H3,(H,12,13). The van der Waals surface area contributed by atoms with Gasteiger partial charge >= 0.3 is 5.97 Å². The third-order valence-electron chi connectivity index (χ3n) is 2.45. The van der Waals surface area contributed by atoms with Crippen LogP contribution >= 0.6 is 0 Å². The van der Waals surface area contributed by atoms with Crippen LogP contribution in [-0.4, -0.2) is 11.1 Å². The van der Waals surface area contributed by atoms with Crippen molar-refractivity contribution in [2.24, 2.45) is 5.92 Å². The third-order valence-corrected chi connectivity index (χ3v) is 2.45. The highest BCUT2D eigenvalue weighted by Crippen LogP contribution is 2.28. The zero-order valence-electron chi connectivity index (χ0n) is 8.42. The first-order valence-electron chi connectivity index (χ1n) is 4.66. The molecule has 13 heavy (non-hydrogen) atoms. The fraction of sp³-hybridized carbons (Fsp3) is 0.545. The van der Waals surface area contributed by atoms with Gasteiger partial charge in [-0.15, -0.1) is 0 Å². The molecule has 1 N–H and O–H groups in total. The van der Waals surface area contributed by atoms with Gasteiger partial charge in [0, 0.05) is 0 Å². The van der Waals surface area contributed by atoms with E-state index >= 15 is 0 Å². The summed E-state index contributed by atoms with van der Waals surface area (Å²) in [6, 6.07) is 0. The van der Waals surface area contributed by atoms with E-state index in [2.05, 4.69) is 0 Å². The van der Waals surface area contributed by atoms with Crippen LogP contribution in [0.25, 0.3) is 0 Å². The fourth-order valence-corrected chi connectivity index (χ4v) is 1.68. The zero-order valence-corrected chi connectivity index (χ0v) is 8.42. The average Bonchev–Trinajstić information content (AvgIpc) is 2.03. The van der Waals surface area contributed by atoms with Gasteiger partial charge in [-0.05, 0) is 31.8 Å². The summed E-state index contributed by atoms with van der Waals surface area (Å²) in [6.45, 7) is 6.08. The Bertz CT molecular complexity index is 282. The molecule has 0 aliphatic heterocycles. The Morgan fingerprint density at radius 1 is 1.46 bits per heavy atom. The summed E-state index contributed by atoms with van der Waals surface area (Å²) in [5.74, 6) is -0.446. The van der Waals surface area contributed by atoms with Gasteiger partial charge in [-0.3, -0.25) is 0 Å². The van der Waals surface area contributed by atoms with Crippen LogP contribution in [0.4, 0.5) is 0 Å². The molecule has 0 aromatic rings. The van der Waals surface area contributed by atoms with Gasteiger partial charge < -0.3 is 5.11 Å². The maximum Gasteiger partial charge on any atom is 0.335 e. The lowest BCUT2D eigenvalue weighted by Gasteiger charge is -2.19. The quantitative estimate of drug-likeness (QED) is 0.709. The summed E-state index contributed by atoms with van der Waals surface area (Å²) in [5.41, 5.74) is 2.76. The molecule has 1 aliphatic rings. The molecule has 0 saturated heterocycles. The number of rotatable bonds is 2. The Hall–Kier alpha value is -1.05. The van der Waals surface area contributed by atoms with Gasteiger partial charge in [0.1, 0.15) is 0 Å². The minimum Gasteiger partial charge on any atom is -0.478 e. The second-order valence-electron chi connectivity index (χ2n) is 3.89. The van der Waals surface area contributed by atoms with Crippen molar-refractivity contribution in [3.63, 3.8) is 0 Å². The summed E-state index contributed by atoms with van der Waals surface area (Å²) < 4.78 is 0. The number of carboxylic acids is 1. The Morgan fingerprint density at radius 3 is 2.54 bits per heavy atom. The summed E-state index contributed by atoms with van der Waals surface area (Å²) in [4.78, 5) is 10.9. The van der Waals surface area contributed by atoms with Gasteiger partial charge in [-0.2, -0.15) is 0 Å². The SMILES string of the molecule is CC1=CC(C(=O)O)=C(C(C)C)CC1. The number of hydrogen-bond donors (Lipinski definition) is 1. The van der Waals surface area contributed by atoms with Crippen LogP contribution in [0, 0.1) is 5.92 Å². The van der Waals surface area contributed by atoms with Crippen LogP contribution in [0.3, 0.4) is 0 Å². The second kappa shape index (κ2) is 3.77. The Labute approximate surface area is 79.0 Å². The van der Waals surface area contributed by atoms with E-state index in [1.807, 2.05) is 20.8 Å². The third kappa shape index (κ3) is 2.20. The molecule has 0 saturated carbocycles. The second-order valence-corrected chi connectivity index (χ2v) is 3.89. The smallest absolute Gasteiger partial charge is 0.335 e.